The van der Waals surface area contributed by atoms with Crippen LogP contribution in [0.3, 0.4) is 0 Å². The molecule has 1 saturated heterocycles. The fourth-order valence-corrected chi connectivity index (χ4v) is 3.40. The largest absolute Gasteiger partial charge is 0.353 e. The minimum Gasteiger partial charge on any atom is -0.353 e. The number of fused-ring (bicyclic) bond motifs is 1. The number of hydrogen-bond acceptors (Lipinski definition) is 7. The van der Waals surface area contributed by atoms with Crippen LogP contribution in [0, 0.1) is 17.0 Å². The molecule has 8 heteroatoms. The molecule has 0 radical (unpaired) electrons. The van der Waals surface area contributed by atoms with E-state index in [-0.39, 0.29) is 10.6 Å². The molecule has 1 fully saturated rings. The van der Waals surface area contributed by atoms with Crippen LogP contribution in [0.1, 0.15) is 5.56 Å². The lowest BCUT2D eigenvalue weighted by Crippen LogP contribution is -2.47. The van der Waals surface area contributed by atoms with Crippen molar-refractivity contribution < 1.29 is 4.92 Å². The Morgan fingerprint density at radius 3 is 2.31 bits per heavy atom. The van der Waals surface area contributed by atoms with Gasteiger partial charge >= 0.3 is 0 Å². The van der Waals surface area contributed by atoms with E-state index in [1.807, 2.05) is 6.07 Å². The molecule has 3 heterocycles. The second-order valence-electron chi connectivity index (χ2n) is 6.24. The Labute approximate surface area is 150 Å². The number of hydrogen-bond donors (Lipinski definition) is 0. The molecule has 0 amide bonds. The van der Waals surface area contributed by atoms with E-state index < -0.39 is 0 Å². The van der Waals surface area contributed by atoms with Crippen LogP contribution in [0.15, 0.2) is 42.9 Å². The van der Waals surface area contributed by atoms with Gasteiger partial charge in [0.1, 0.15) is 5.82 Å². The fourth-order valence-electron chi connectivity index (χ4n) is 3.40. The standard InChI is InChI=1S/C18H18N6O2/c1-13-3-4-15-14(16(13)24(25)26)5-8-19-17(15)22-9-11-23(12-10-22)18-20-6-2-7-21-18/h2-8H,9-12H2,1H3. The third kappa shape index (κ3) is 2.79. The van der Waals surface area contributed by atoms with Crippen LogP contribution >= 0.6 is 0 Å². The molecule has 1 aromatic carbocycles. The molecular weight excluding hydrogens is 332 g/mol. The molecule has 3 aromatic rings. The summed E-state index contributed by atoms with van der Waals surface area (Å²) in [6.07, 6.45) is 5.13. The molecule has 0 unspecified atom stereocenters. The van der Waals surface area contributed by atoms with Gasteiger partial charge < -0.3 is 9.80 Å². The average molecular weight is 350 g/mol. The molecule has 0 bridgehead atoms. The maximum atomic E-state index is 11.5. The zero-order valence-corrected chi connectivity index (χ0v) is 14.4. The maximum absolute atomic E-state index is 11.5. The minimum absolute atomic E-state index is 0.155. The Morgan fingerprint density at radius 1 is 0.923 bits per heavy atom. The topological polar surface area (TPSA) is 88.3 Å². The summed E-state index contributed by atoms with van der Waals surface area (Å²) < 4.78 is 0. The normalized spacial score (nSPS) is 14.7. The number of nitro benzene ring substituents is 1. The second kappa shape index (κ2) is 6.55. The number of aromatic nitrogens is 3. The third-order valence-corrected chi connectivity index (χ3v) is 4.69. The Morgan fingerprint density at radius 2 is 1.62 bits per heavy atom. The first-order valence-corrected chi connectivity index (χ1v) is 8.45. The van der Waals surface area contributed by atoms with Crippen molar-refractivity contribution in [2.24, 2.45) is 0 Å². The van der Waals surface area contributed by atoms with Crippen molar-refractivity contribution in [3.63, 3.8) is 0 Å². The summed E-state index contributed by atoms with van der Waals surface area (Å²) in [5.74, 6) is 1.52. The monoisotopic (exact) mass is 350 g/mol. The van der Waals surface area contributed by atoms with Gasteiger partial charge in [0, 0.05) is 55.7 Å². The van der Waals surface area contributed by atoms with Crippen LogP contribution in [0.25, 0.3) is 10.8 Å². The third-order valence-electron chi connectivity index (χ3n) is 4.69. The lowest BCUT2D eigenvalue weighted by atomic mass is 10.1. The van der Waals surface area contributed by atoms with Crippen molar-refractivity contribution in [3.8, 4) is 0 Å². The van der Waals surface area contributed by atoms with E-state index in [9.17, 15) is 10.1 Å². The highest BCUT2D eigenvalue weighted by Crippen LogP contribution is 2.33. The zero-order valence-electron chi connectivity index (χ0n) is 14.4. The molecule has 26 heavy (non-hydrogen) atoms. The number of pyridine rings is 1. The molecule has 0 saturated carbocycles. The van der Waals surface area contributed by atoms with Gasteiger partial charge in [-0.15, -0.1) is 0 Å². The van der Waals surface area contributed by atoms with Gasteiger partial charge in [0.25, 0.3) is 5.69 Å². The molecule has 0 atom stereocenters. The summed E-state index contributed by atoms with van der Waals surface area (Å²) >= 11 is 0. The van der Waals surface area contributed by atoms with Gasteiger partial charge in [0.05, 0.1) is 10.3 Å². The summed E-state index contributed by atoms with van der Waals surface area (Å²) in [5.41, 5.74) is 0.813. The van der Waals surface area contributed by atoms with E-state index in [0.717, 1.165) is 43.3 Å². The van der Waals surface area contributed by atoms with Gasteiger partial charge in [-0.3, -0.25) is 10.1 Å². The molecule has 8 nitrogen and oxygen atoms in total. The van der Waals surface area contributed by atoms with Crippen molar-refractivity contribution in [1.29, 1.82) is 0 Å². The number of anilines is 2. The number of aryl methyl sites for hydroxylation is 1. The first-order valence-electron chi connectivity index (χ1n) is 8.45. The predicted octanol–water partition coefficient (Wildman–Crippen LogP) is 2.57. The Bertz CT molecular complexity index is 955. The second-order valence-corrected chi connectivity index (χ2v) is 6.24. The summed E-state index contributed by atoms with van der Waals surface area (Å²) in [6.45, 7) is 4.82. The van der Waals surface area contributed by atoms with E-state index in [1.54, 1.807) is 43.7 Å². The average Bonchev–Trinajstić information content (AvgIpc) is 2.68. The van der Waals surface area contributed by atoms with Crippen molar-refractivity contribution >= 4 is 28.2 Å². The zero-order chi connectivity index (χ0) is 18.1. The highest BCUT2D eigenvalue weighted by atomic mass is 16.6. The van der Waals surface area contributed by atoms with Gasteiger partial charge in [-0.25, -0.2) is 15.0 Å². The number of nitro groups is 1. The quantitative estimate of drug-likeness (QED) is 0.530. The van der Waals surface area contributed by atoms with E-state index in [1.165, 1.54) is 0 Å². The maximum Gasteiger partial charge on any atom is 0.280 e. The molecule has 1 aliphatic rings. The fraction of sp³-hybridized carbons (Fsp3) is 0.278. The predicted molar refractivity (Wildman–Crippen MR) is 99.6 cm³/mol. The summed E-state index contributed by atoms with van der Waals surface area (Å²) in [6, 6.07) is 7.24. The highest BCUT2D eigenvalue weighted by molar-refractivity contribution is 5.99. The number of rotatable bonds is 3. The molecule has 0 spiro atoms. The smallest absolute Gasteiger partial charge is 0.280 e. The number of piperazine rings is 1. The summed E-state index contributed by atoms with van der Waals surface area (Å²) in [7, 11) is 0. The van der Waals surface area contributed by atoms with Crippen LogP contribution in [-0.4, -0.2) is 46.1 Å². The van der Waals surface area contributed by atoms with Gasteiger partial charge in [-0.2, -0.15) is 0 Å². The van der Waals surface area contributed by atoms with Crippen LogP contribution in [0.5, 0.6) is 0 Å². The summed E-state index contributed by atoms with van der Waals surface area (Å²) in [5, 5.41) is 12.9. The number of nitrogens with zero attached hydrogens (tertiary/aromatic N) is 6. The number of benzene rings is 1. The lowest BCUT2D eigenvalue weighted by molar-refractivity contribution is -0.383. The molecule has 132 valence electrons. The van der Waals surface area contributed by atoms with Crippen molar-refractivity contribution in [1.82, 2.24) is 15.0 Å². The molecule has 2 aromatic heterocycles. The first-order chi connectivity index (χ1) is 12.6. The van der Waals surface area contributed by atoms with E-state index >= 15 is 0 Å². The molecular formula is C18H18N6O2. The molecule has 0 N–H and O–H groups in total. The van der Waals surface area contributed by atoms with Gasteiger partial charge in [0.2, 0.25) is 5.95 Å². The van der Waals surface area contributed by atoms with Crippen molar-refractivity contribution in [3.05, 3.63) is 58.5 Å². The Kier molecular flexibility index (Phi) is 4.08. The van der Waals surface area contributed by atoms with Crippen molar-refractivity contribution in [2.75, 3.05) is 36.0 Å². The van der Waals surface area contributed by atoms with E-state index in [4.69, 9.17) is 0 Å². The van der Waals surface area contributed by atoms with Crippen molar-refractivity contribution in [2.45, 2.75) is 6.92 Å². The summed E-state index contributed by atoms with van der Waals surface area (Å²) in [4.78, 5) is 28.6. The van der Waals surface area contributed by atoms with Gasteiger partial charge in [-0.1, -0.05) is 6.07 Å². The van der Waals surface area contributed by atoms with E-state index in [2.05, 4.69) is 24.8 Å². The first kappa shape index (κ1) is 16.2. The van der Waals surface area contributed by atoms with Crippen LogP contribution in [0.2, 0.25) is 0 Å². The van der Waals surface area contributed by atoms with Crippen LogP contribution in [0.4, 0.5) is 17.5 Å². The Hall–Kier alpha value is -3.29. The van der Waals surface area contributed by atoms with E-state index in [0.29, 0.717) is 10.9 Å². The van der Waals surface area contributed by atoms with Crippen LogP contribution < -0.4 is 9.80 Å². The van der Waals surface area contributed by atoms with Gasteiger partial charge in [0.15, 0.2) is 0 Å². The SMILES string of the molecule is Cc1ccc2c(N3CCN(c4ncccn4)CC3)nccc2c1[N+](=O)[O-]. The van der Waals surface area contributed by atoms with Crippen LogP contribution in [-0.2, 0) is 0 Å². The molecule has 4 rings (SSSR count). The molecule has 1 aliphatic heterocycles. The molecule has 0 aliphatic carbocycles. The lowest BCUT2D eigenvalue weighted by Gasteiger charge is -2.35. The van der Waals surface area contributed by atoms with Gasteiger partial charge in [-0.05, 0) is 25.1 Å². The highest BCUT2D eigenvalue weighted by Gasteiger charge is 2.23. The minimum atomic E-state index is -0.313. The Balaban J connectivity index is 1.64.